The number of hydrogen-bond donors (Lipinski definition) is 0. The Kier molecular flexibility index (Phi) is 4.48. The van der Waals surface area contributed by atoms with Gasteiger partial charge in [-0.2, -0.15) is 0 Å². The van der Waals surface area contributed by atoms with E-state index in [1.807, 2.05) is 6.92 Å². The van der Waals surface area contributed by atoms with Gasteiger partial charge in [-0.25, -0.2) is 4.98 Å². The van der Waals surface area contributed by atoms with Crippen molar-refractivity contribution in [3.8, 4) is 0 Å². The van der Waals surface area contributed by atoms with Crippen molar-refractivity contribution >= 4 is 22.6 Å². The summed E-state index contributed by atoms with van der Waals surface area (Å²) in [5.74, 6) is 0.965. The zero-order chi connectivity index (χ0) is 14.0. The Morgan fingerprint density at radius 2 is 2.11 bits per heavy atom. The Balaban J connectivity index is 2.47. The highest BCUT2D eigenvalue weighted by molar-refractivity contribution is 6.20. The van der Waals surface area contributed by atoms with Crippen LogP contribution in [0, 0.1) is 0 Å². The number of halogens is 1. The van der Waals surface area contributed by atoms with E-state index in [1.165, 1.54) is 11.1 Å². The van der Waals surface area contributed by atoms with Crippen molar-refractivity contribution in [2.45, 2.75) is 32.2 Å². The van der Waals surface area contributed by atoms with E-state index in [1.54, 1.807) is 0 Å². The normalized spacial score (nSPS) is 13.4. The summed E-state index contributed by atoms with van der Waals surface area (Å²) in [4.78, 5) is 6.89. The summed E-state index contributed by atoms with van der Waals surface area (Å²) in [6.45, 7) is 6.05. The maximum atomic E-state index is 6.27. The highest BCUT2D eigenvalue weighted by atomic mass is 35.5. The maximum Gasteiger partial charge on any atom is 0.127 e. The van der Waals surface area contributed by atoms with Crippen LogP contribution in [0.5, 0.6) is 0 Å². The maximum absolute atomic E-state index is 6.27. The van der Waals surface area contributed by atoms with Gasteiger partial charge in [0.05, 0.1) is 16.4 Å². The Morgan fingerprint density at radius 3 is 2.68 bits per heavy atom. The fraction of sp³-hybridized carbons (Fsp3) is 0.533. The molecule has 3 nitrogen and oxygen atoms in total. The van der Waals surface area contributed by atoms with E-state index in [0.717, 1.165) is 30.9 Å². The summed E-state index contributed by atoms with van der Waals surface area (Å²) < 4.78 is 2.24. The molecule has 1 unspecified atom stereocenters. The van der Waals surface area contributed by atoms with Gasteiger partial charge in [-0.1, -0.05) is 13.0 Å². The van der Waals surface area contributed by atoms with E-state index in [9.17, 15) is 0 Å². The van der Waals surface area contributed by atoms with Crippen LogP contribution in [0.25, 0.3) is 11.0 Å². The van der Waals surface area contributed by atoms with Crippen LogP contribution < -0.4 is 0 Å². The van der Waals surface area contributed by atoms with Gasteiger partial charge in [0.15, 0.2) is 0 Å². The third-order valence-electron chi connectivity index (χ3n) is 3.38. The number of nitrogens with zero attached hydrogens (tertiary/aromatic N) is 3. The molecule has 0 aliphatic heterocycles. The summed E-state index contributed by atoms with van der Waals surface area (Å²) in [5.41, 5.74) is 3.56. The van der Waals surface area contributed by atoms with Crippen molar-refractivity contribution in [1.82, 2.24) is 14.5 Å². The van der Waals surface area contributed by atoms with Crippen molar-refractivity contribution in [3.05, 3.63) is 29.6 Å². The van der Waals surface area contributed by atoms with Crippen LogP contribution in [-0.2, 0) is 13.0 Å². The number of aromatic nitrogens is 2. The van der Waals surface area contributed by atoms with E-state index in [0.29, 0.717) is 0 Å². The van der Waals surface area contributed by atoms with Crippen molar-refractivity contribution in [1.29, 1.82) is 0 Å². The predicted octanol–water partition coefficient (Wildman–Crippen LogP) is 3.46. The molecule has 1 heterocycles. The van der Waals surface area contributed by atoms with E-state index in [4.69, 9.17) is 16.6 Å². The van der Waals surface area contributed by atoms with Crippen LogP contribution in [-0.4, -0.2) is 35.1 Å². The SMILES string of the molecule is CCc1ccc2c(c1)nc(C(C)Cl)n2CCN(C)C. The van der Waals surface area contributed by atoms with Crippen LogP contribution in [0.1, 0.15) is 30.6 Å². The largest absolute Gasteiger partial charge is 0.325 e. The smallest absolute Gasteiger partial charge is 0.127 e. The molecule has 4 heteroatoms. The molecule has 19 heavy (non-hydrogen) atoms. The molecule has 0 bridgehead atoms. The number of benzene rings is 1. The number of aryl methyl sites for hydroxylation is 1. The first kappa shape index (κ1) is 14.4. The molecular weight excluding hydrogens is 258 g/mol. The number of hydrogen-bond acceptors (Lipinski definition) is 2. The second-order valence-corrected chi connectivity index (χ2v) is 5.87. The monoisotopic (exact) mass is 279 g/mol. The molecule has 104 valence electrons. The minimum absolute atomic E-state index is 0.0698. The zero-order valence-electron chi connectivity index (χ0n) is 12.2. The number of alkyl halides is 1. The van der Waals surface area contributed by atoms with Crippen molar-refractivity contribution in [3.63, 3.8) is 0 Å². The summed E-state index contributed by atoms with van der Waals surface area (Å²) in [6, 6.07) is 6.52. The molecule has 0 saturated heterocycles. The van der Waals surface area contributed by atoms with Gasteiger partial charge >= 0.3 is 0 Å². The molecule has 0 saturated carbocycles. The first-order valence-electron chi connectivity index (χ1n) is 6.80. The van der Waals surface area contributed by atoms with Crippen LogP contribution in [0.3, 0.4) is 0 Å². The lowest BCUT2D eigenvalue weighted by Crippen LogP contribution is -2.19. The summed E-state index contributed by atoms with van der Waals surface area (Å²) in [5, 5.41) is -0.0698. The number of fused-ring (bicyclic) bond motifs is 1. The summed E-state index contributed by atoms with van der Waals surface area (Å²) in [7, 11) is 4.16. The Labute approximate surface area is 120 Å². The van der Waals surface area contributed by atoms with Crippen molar-refractivity contribution in [2.75, 3.05) is 20.6 Å². The quantitative estimate of drug-likeness (QED) is 0.782. The van der Waals surface area contributed by atoms with E-state index < -0.39 is 0 Å². The molecule has 1 aromatic carbocycles. The number of likely N-dealkylation sites (N-methyl/N-ethyl adjacent to an activating group) is 1. The Bertz CT molecular complexity index is 558. The average molecular weight is 280 g/mol. The van der Waals surface area contributed by atoms with Crippen LogP contribution in [0.4, 0.5) is 0 Å². The third kappa shape index (κ3) is 3.10. The molecule has 2 aromatic rings. The fourth-order valence-electron chi connectivity index (χ4n) is 2.25. The summed E-state index contributed by atoms with van der Waals surface area (Å²) >= 11 is 6.27. The molecule has 0 radical (unpaired) electrons. The standard InChI is InChI=1S/C15H22ClN3/c1-5-12-6-7-14-13(10-12)17-15(11(2)16)19(14)9-8-18(3)4/h6-7,10-11H,5,8-9H2,1-4H3. The third-order valence-corrected chi connectivity index (χ3v) is 3.57. The molecule has 0 aliphatic rings. The van der Waals surface area contributed by atoms with Gasteiger partial charge in [0.25, 0.3) is 0 Å². The zero-order valence-corrected chi connectivity index (χ0v) is 12.9. The van der Waals surface area contributed by atoms with Gasteiger partial charge < -0.3 is 9.47 Å². The van der Waals surface area contributed by atoms with Crippen molar-refractivity contribution < 1.29 is 0 Å². The van der Waals surface area contributed by atoms with Crippen LogP contribution in [0.15, 0.2) is 18.2 Å². The number of imidazole rings is 1. The van der Waals surface area contributed by atoms with Gasteiger partial charge in [0.1, 0.15) is 5.82 Å². The van der Waals surface area contributed by atoms with Gasteiger partial charge in [-0.05, 0) is 45.1 Å². The van der Waals surface area contributed by atoms with Gasteiger partial charge in [0, 0.05) is 13.1 Å². The number of rotatable bonds is 5. The first-order chi connectivity index (χ1) is 9.02. The molecule has 0 aliphatic carbocycles. The predicted molar refractivity (Wildman–Crippen MR) is 81.9 cm³/mol. The Hall–Kier alpha value is -1.06. The molecule has 0 spiro atoms. The van der Waals surface area contributed by atoms with Crippen LogP contribution >= 0.6 is 11.6 Å². The average Bonchev–Trinajstić information content (AvgIpc) is 2.73. The molecule has 1 atom stereocenters. The molecule has 2 rings (SSSR count). The highest BCUT2D eigenvalue weighted by Crippen LogP contribution is 2.25. The van der Waals surface area contributed by atoms with E-state index in [2.05, 4.69) is 48.7 Å². The second-order valence-electron chi connectivity index (χ2n) is 5.22. The molecule has 1 aromatic heterocycles. The molecule has 0 fully saturated rings. The van der Waals surface area contributed by atoms with Crippen molar-refractivity contribution in [2.24, 2.45) is 0 Å². The lowest BCUT2D eigenvalue weighted by atomic mass is 10.1. The second kappa shape index (κ2) is 5.93. The van der Waals surface area contributed by atoms with Crippen LogP contribution in [0.2, 0.25) is 0 Å². The van der Waals surface area contributed by atoms with Gasteiger partial charge in [-0.15, -0.1) is 11.6 Å². The van der Waals surface area contributed by atoms with Gasteiger partial charge in [0.2, 0.25) is 0 Å². The molecule has 0 N–H and O–H groups in total. The lowest BCUT2D eigenvalue weighted by molar-refractivity contribution is 0.383. The minimum Gasteiger partial charge on any atom is -0.325 e. The molecular formula is C15H22ClN3. The van der Waals surface area contributed by atoms with Gasteiger partial charge in [-0.3, -0.25) is 0 Å². The first-order valence-corrected chi connectivity index (χ1v) is 7.24. The lowest BCUT2D eigenvalue weighted by Gasteiger charge is -2.14. The fourth-order valence-corrected chi connectivity index (χ4v) is 2.42. The topological polar surface area (TPSA) is 21.1 Å². The highest BCUT2D eigenvalue weighted by Gasteiger charge is 2.15. The van der Waals surface area contributed by atoms with E-state index >= 15 is 0 Å². The molecule has 0 amide bonds. The summed E-state index contributed by atoms with van der Waals surface area (Å²) in [6.07, 6.45) is 1.03. The minimum atomic E-state index is -0.0698. The Morgan fingerprint density at radius 1 is 1.37 bits per heavy atom. The van der Waals surface area contributed by atoms with E-state index in [-0.39, 0.29) is 5.38 Å².